The number of anilines is 2. The van der Waals surface area contributed by atoms with E-state index in [1.165, 1.54) is 0 Å². The summed E-state index contributed by atoms with van der Waals surface area (Å²) in [6.07, 6.45) is 1.12. The number of benzene rings is 2. The van der Waals surface area contributed by atoms with Crippen molar-refractivity contribution in [1.82, 2.24) is 0 Å². The molecule has 0 bridgehead atoms. The largest absolute Gasteiger partial charge is 0.305 e. The minimum absolute atomic E-state index is 0.0280. The molecule has 2 atom stereocenters. The van der Waals surface area contributed by atoms with Gasteiger partial charge in [0.05, 0.1) is 11.6 Å². The number of fused-ring (bicyclic) bond motifs is 1. The molecule has 2 amide bonds. The fourth-order valence-corrected chi connectivity index (χ4v) is 5.02. The highest BCUT2D eigenvalue weighted by Crippen LogP contribution is 2.43. The molecule has 0 saturated heterocycles. The van der Waals surface area contributed by atoms with Crippen molar-refractivity contribution in [3.63, 3.8) is 0 Å². The summed E-state index contributed by atoms with van der Waals surface area (Å²) in [4.78, 5) is 31.3. The van der Waals surface area contributed by atoms with E-state index in [9.17, 15) is 9.59 Å². The van der Waals surface area contributed by atoms with Crippen LogP contribution in [0.25, 0.3) is 0 Å². The van der Waals surface area contributed by atoms with Gasteiger partial charge in [-0.05, 0) is 55.5 Å². The number of hydrogen-bond acceptors (Lipinski definition) is 3. The van der Waals surface area contributed by atoms with Crippen LogP contribution in [0.4, 0.5) is 11.4 Å². The van der Waals surface area contributed by atoms with Crippen LogP contribution in [-0.2, 0) is 4.79 Å². The van der Waals surface area contributed by atoms with E-state index in [1.54, 1.807) is 11.3 Å². The van der Waals surface area contributed by atoms with Gasteiger partial charge in [-0.25, -0.2) is 0 Å². The summed E-state index contributed by atoms with van der Waals surface area (Å²) in [5.41, 5.74) is 3.55. The number of amides is 2. The first-order valence-corrected chi connectivity index (χ1v) is 11.2. The van der Waals surface area contributed by atoms with Gasteiger partial charge < -0.3 is 9.80 Å². The third-order valence-electron chi connectivity index (χ3n) is 5.79. The van der Waals surface area contributed by atoms with E-state index < -0.39 is 0 Å². The fraction of sp³-hybridized carbons (Fsp3) is 0.280. The van der Waals surface area contributed by atoms with Crippen LogP contribution in [0.5, 0.6) is 0 Å². The minimum Gasteiger partial charge on any atom is -0.305 e. The normalized spacial score (nSPS) is 18.0. The molecule has 1 aliphatic rings. The maximum absolute atomic E-state index is 13.4. The Morgan fingerprint density at radius 3 is 2.43 bits per heavy atom. The molecule has 154 valence electrons. The number of nitrogens with zero attached hydrogens (tertiary/aromatic N) is 2. The first kappa shape index (κ1) is 20.4. The van der Waals surface area contributed by atoms with Gasteiger partial charge in [-0.3, -0.25) is 9.59 Å². The summed E-state index contributed by atoms with van der Waals surface area (Å²) in [6.45, 7) is 5.95. The first-order valence-electron chi connectivity index (χ1n) is 10.4. The van der Waals surface area contributed by atoms with Gasteiger partial charge in [0.25, 0.3) is 5.91 Å². The van der Waals surface area contributed by atoms with Crippen LogP contribution >= 0.6 is 11.3 Å². The fourth-order valence-electron chi connectivity index (χ4n) is 4.33. The molecule has 0 radical (unpaired) electrons. The zero-order valence-electron chi connectivity index (χ0n) is 17.5. The van der Waals surface area contributed by atoms with Crippen molar-refractivity contribution < 1.29 is 9.59 Å². The summed E-state index contributed by atoms with van der Waals surface area (Å²) < 4.78 is 0. The number of rotatable bonds is 4. The summed E-state index contributed by atoms with van der Waals surface area (Å²) in [5.74, 6) is 0.113. The topological polar surface area (TPSA) is 40.6 Å². The Balaban J connectivity index is 1.80. The van der Waals surface area contributed by atoms with Gasteiger partial charge in [-0.1, -0.05) is 43.3 Å². The molecule has 4 nitrogen and oxygen atoms in total. The lowest BCUT2D eigenvalue weighted by atomic mass is 9.89. The molecular weight excluding hydrogens is 392 g/mol. The van der Waals surface area contributed by atoms with Crippen LogP contribution in [0.3, 0.4) is 0 Å². The predicted octanol–water partition coefficient (Wildman–Crippen LogP) is 5.98. The summed E-state index contributed by atoms with van der Waals surface area (Å²) in [6, 6.07) is 19.6. The van der Waals surface area contributed by atoms with Gasteiger partial charge in [-0.2, -0.15) is 0 Å². The zero-order valence-corrected chi connectivity index (χ0v) is 18.4. The maximum Gasteiger partial charge on any atom is 0.259 e. The average molecular weight is 419 g/mol. The molecule has 5 heteroatoms. The van der Waals surface area contributed by atoms with Gasteiger partial charge in [-0.15, -0.1) is 11.3 Å². The van der Waals surface area contributed by atoms with Crippen LogP contribution in [0, 0.1) is 6.92 Å². The SMILES string of the molecule is CCC(=O)N(c1ccccc1)[C@H]1C[C@@H](C)N(C(=O)c2ccsc2C)c2ccccc21. The number of thiophene rings is 1. The number of hydrogen-bond donors (Lipinski definition) is 0. The van der Waals surface area contributed by atoms with Gasteiger partial charge in [0.15, 0.2) is 0 Å². The van der Waals surface area contributed by atoms with Crippen LogP contribution in [0.1, 0.15) is 53.5 Å². The highest BCUT2D eigenvalue weighted by molar-refractivity contribution is 7.10. The molecule has 1 aromatic heterocycles. The average Bonchev–Trinajstić information content (AvgIpc) is 3.20. The van der Waals surface area contributed by atoms with E-state index in [2.05, 4.69) is 6.92 Å². The van der Waals surface area contributed by atoms with Crippen molar-refractivity contribution in [2.24, 2.45) is 0 Å². The Labute approximate surface area is 181 Å². The van der Waals surface area contributed by atoms with E-state index in [-0.39, 0.29) is 23.9 Å². The number of carbonyl (C=O) groups excluding carboxylic acids is 2. The van der Waals surface area contributed by atoms with Gasteiger partial charge in [0.2, 0.25) is 5.91 Å². The summed E-state index contributed by atoms with van der Waals surface area (Å²) in [5, 5.41) is 1.96. The molecule has 3 aromatic rings. The predicted molar refractivity (Wildman–Crippen MR) is 123 cm³/mol. The molecule has 0 N–H and O–H groups in total. The molecule has 2 aromatic carbocycles. The van der Waals surface area contributed by atoms with E-state index in [0.29, 0.717) is 12.8 Å². The minimum atomic E-state index is -0.112. The van der Waals surface area contributed by atoms with Crippen LogP contribution in [0.15, 0.2) is 66.0 Å². The van der Waals surface area contributed by atoms with Crippen molar-refractivity contribution in [3.05, 3.63) is 82.0 Å². The lowest BCUT2D eigenvalue weighted by molar-refractivity contribution is -0.118. The molecule has 4 rings (SSSR count). The van der Waals surface area contributed by atoms with E-state index in [4.69, 9.17) is 0 Å². The Morgan fingerprint density at radius 1 is 1.07 bits per heavy atom. The molecule has 0 saturated carbocycles. The van der Waals surface area contributed by atoms with Gasteiger partial charge in [0.1, 0.15) is 0 Å². The Hall–Kier alpha value is -2.92. The number of para-hydroxylation sites is 2. The third-order valence-corrected chi connectivity index (χ3v) is 6.63. The number of carbonyl (C=O) groups is 2. The van der Waals surface area contributed by atoms with Crippen molar-refractivity contribution in [1.29, 1.82) is 0 Å². The molecule has 1 aliphatic heterocycles. The summed E-state index contributed by atoms with van der Waals surface area (Å²) in [7, 11) is 0. The summed E-state index contributed by atoms with van der Waals surface area (Å²) >= 11 is 1.59. The highest BCUT2D eigenvalue weighted by atomic mass is 32.1. The van der Waals surface area contributed by atoms with E-state index >= 15 is 0 Å². The van der Waals surface area contributed by atoms with Crippen LogP contribution in [0.2, 0.25) is 0 Å². The standard InChI is InChI=1S/C25H26N2O2S/c1-4-24(28)27(19-10-6-5-7-11-19)23-16-17(2)26(22-13-9-8-12-21(22)23)25(29)20-14-15-30-18(20)3/h5-15,17,23H,4,16H2,1-3H3/t17-,23+/m1/s1. The smallest absolute Gasteiger partial charge is 0.259 e. The number of aryl methyl sites for hydroxylation is 1. The molecule has 30 heavy (non-hydrogen) atoms. The third kappa shape index (κ3) is 3.54. The highest BCUT2D eigenvalue weighted by Gasteiger charge is 2.38. The monoisotopic (exact) mass is 418 g/mol. The molecule has 0 aliphatic carbocycles. The maximum atomic E-state index is 13.4. The Kier molecular flexibility index (Phi) is 5.73. The van der Waals surface area contributed by atoms with Crippen molar-refractivity contribution in [2.75, 3.05) is 9.80 Å². The lowest BCUT2D eigenvalue weighted by Crippen LogP contribution is -2.47. The second-order valence-corrected chi connectivity index (χ2v) is 8.80. The van der Waals surface area contributed by atoms with Gasteiger partial charge >= 0.3 is 0 Å². The van der Waals surface area contributed by atoms with E-state index in [0.717, 1.165) is 27.4 Å². The second kappa shape index (κ2) is 8.44. The van der Waals surface area contributed by atoms with Crippen LogP contribution < -0.4 is 9.80 Å². The Bertz CT molecular complexity index is 1060. The van der Waals surface area contributed by atoms with E-state index in [1.807, 2.05) is 89.7 Å². The second-order valence-electron chi connectivity index (χ2n) is 7.68. The molecular formula is C25H26N2O2S. The van der Waals surface area contributed by atoms with Crippen LogP contribution in [-0.4, -0.2) is 17.9 Å². The van der Waals surface area contributed by atoms with Crippen molar-refractivity contribution in [3.8, 4) is 0 Å². The van der Waals surface area contributed by atoms with Crippen molar-refractivity contribution in [2.45, 2.75) is 45.7 Å². The molecule has 0 spiro atoms. The van der Waals surface area contributed by atoms with Gasteiger partial charge in [0, 0.05) is 28.7 Å². The quantitative estimate of drug-likeness (QED) is 0.523. The first-order chi connectivity index (χ1) is 14.5. The lowest BCUT2D eigenvalue weighted by Gasteiger charge is -2.43. The molecule has 0 fully saturated rings. The van der Waals surface area contributed by atoms with Crippen molar-refractivity contribution >= 4 is 34.5 Å². The zero-order chi connectivity index (χ0) is 21.3. The molecule has 2 heterocycles. The Morgan fingerprint density at radius 2 is 1.77 bits per heavy atom. The molecule has 0 unspecified atom stereocenters.